The van der Waals surface area contributed by atoms with Crippen LogP contribution in [-0.4, -0.2) is 5.16 Å². The van der Waals surface area contributed by atoms with E-state index in [0.717, 1.165) is 17.0 Å². The molecule has 1 aromatic carbocycles. The van der Waals surface area contributed by atoms with Crippen molar-refractivity contribution in [2.24, 2.45) is 0 Å². The van der Waals surface area contributed by atoms with Crippen LogP contribution in [-0.2, 0) is 6.54 Å². The molecular weight excluding hydrogens is 257 g/mol. The highest BCUT2D eigenvalue weighted by atomic mass is 35.5. The first kappa shape index (κ1) is 12.7. The van der Waals surface area contributed by atoms with Gasteiger partial charge in [-0.15, -0.1) is 0 Å². The first-order chi connectivity index (χ1) is 8.49. The van der Waals surface area contributed by atoms with E-state index in [-0.39, 0.29) is 5.02 Å². The number of aromatic nitrogens is 1. The molecule has 0 fully saturated rings. The van der Waals surface area contributed by atoms with E-state index in [1.807, 2.05) is 13.8 Å². The van der Waals surface area contributed by atoms with Crippen molar-refractivity contribution in [1.29, 1.82) is 0 Å². The van der Waals surface area contributed by atoms with E-state index in [0.29, 0.717) is 17.9 Å². The number of rotatable bonds is 3. The molecule has 1 aromatic heterocycles. The second-order valence-electron chi connectivity index (χ2n) is 4.01. The number of nitrogen functional groups attached to an aromatic ring is 1. The zero-order chi connectivity index (χ0) is 13.3. The summed E-state index contributed by atoms with van der Waals surface area (Å²) in [7, 11) is 0. The average molecular weight is 270 g/mol. The van der Waals surface area contributed by atoms with E-state index in [1.165, 1.54) is 12.1 Å². The third-order valence-corrected chi connectivity index (χ3v) is 3.02. The van der Waals surface area contributed by atoms with Crippen LogP contribution in [0, 0.1) is 19.7 Å². The summed E-state index contributed by atoms with van der Waals surface area (Å²) in [5, 5.41) is 6.97. The van der Waals surface area contributed by atoms with Gasteiger partial charge in [0.1, 0.15) is 11.6 Å². The Kier molecular flexibility index (Phi) is 3.43. The fraction of sp³-hybridized carbons (Fsp3) is 0.250. The highest BCUT2D eigenvalue weighted by molar-refractivity contribution is 6.31. The SMILES string of the molecule is Cc1noc(C)c1CNc1cc(Cl)c(F)cc1N. The van der Waals surface area contributed by atoms with Gasteiger partial charge in [-0.2, -0.15) is 0 Å². The lowest BCUT2D eigenvalue weighted by atomic mass is 10.2. The predicted molar refractivity (Wildman–Crippen MR) is 69.1 cm³/mol. The molecule has 4 nitrogen and oxygen atoms in total. The second kappa shape index (κ2) is 4.86. The minimum atomic E-state index is -0.531. The molecule has 0 radical (unpaired) electrons. The summed E-state index contributed by atoms with van der Waals surface area (Å²) in [6, 6.07) is 2.66. The molecule has 0 saturated carbocycles. The molecule has 0 aliphatic carbocycles. The second-order valence-corrected chi connectivity index (χ2v) is 4.42. The van der Waals surface area contributed by atoms with Crippen molar-refractivity contribution in [3.05, 3.63) is 40.0 Å². The van der Waals surface area contributed by atoms with Crippen LogP contribution in [0.25, 0.3) is 0 Å². The van der Waals surface area contributed by atoms with Gasteiger partial charge in [0.25, 0.3) is 0 Å². The molecule has 0 aliphatic rings. The standard InChI is InChI=1S/C12H13ClFN3O/c1-6-8(7(2)18-17-6)5-16-12-3-9(13)10(14)4-11(12)15/h3-4,16H,5,15H2,1-2H3. The lowest BCUT2D eigenvalue weighted by Gasteiger charge is -2.10. The zero-order valence-electron chi connectivity index (χ0n) is 10.1. The van der Waals surface area contributed by atoms with Crippen LogP contribution in [0.2, 0.25) is 5.02 Å². The van der Waals surface area contributed by atoms with E-state index in [1.54, 1.807) is 0 Å². The minimum absolute atomic E-state index is 0.0328. The van der Waals surface area contributed by atoms with Gasteiger partial charge in [-0.3, -0.25) is 0 Å². The Morgan fingerprint density at radius 3 is 2.78 bits per heavy atom. The number of nitrogens with one attached hydrogen (secondary N) is 1. The molecule has 0 spiro atoms. The number of anilines is 2. The smallest absolute Gasteiger partial charge is 0.143 e. The maximum atomic E-state index is 13.1. The minimum Gasteiger partial charge on any atom is -0.397 e. The third kappa shape index (κ3) is 2.41. The van der Waals surface area contributed by atoms with Crippen molar-refractivity contribution in [3.8, 4) is 0 Å². The molecule has 6 heteroatoms. The molecule has 0 bridgehead atoms. The van der Waals surface area contributed by atoms with Crippen LogP contribution < -0.4 is 11.1 Å². The lowest BCUT2D eigenvalue weighted by molar-refractivity contribution is 0.392. The average Bonchev–Trinajstić information content (AvgIpc) is 2.62. The van der Waals surface area contributed by atoms with Crippen LogP contribution in [0.3, 0.4) is 0 Å². The zero-order valence-corrected chi connectivity index (χ0v) is 10.8. The highest BCUT2D eigenvalue weighted by Gasteiger charge is 2.10. The van der Waals surface area contributed by atoms with Crippen LogP contribution in [0.4, 0.5) is 15.8 Å². The van der Waals surface area contributed by atoms with Gasteiger partial charge in [-0.1, -0.05) is 16.8 Å². The van der Waals surface area contributed by atoms with Crippen molar-refractivity contribution < 1.29 is 8.91 Å². The largest absolute Gasteiger partial charge is 0.397 e. The highest BCUT2D eigenvalue weighted by Crippen LogP contribution is 2.27. The van der Waals surface area contributed by atoms with E-state index in [2.05, 4.69) is 10.5 Å². The monoisotopic (exact) mass is 269 g/mol. The van der Waals surface area contributed by atoms with Gasteiger partial charge >= 0.3 is 0 Å². The van der Waals surface area contributed by atoms with E-state index in [4.69, 9.17) is 21.9 Å². The maximum absolute atomic E-state index is 13.1. The Morgan fingerprint density at radius 2 is 2.17 bits per heavy atom. The van der Waals surface area contributed by atoms with Gasteiger partial charge in [0.15, 0.2) is 0 Å². The molecule has 0 atom stereocenters. The molecule has 0 unspecified atom stereocenters. The number of nitrogens with zero attached hydrogens (tertiary/aromatic N) is 1. The van der Waals surface area contributed by atoms with Crippen molar-refractivity contribution >= 4 is 23.0 Å². The Balaban J connectivity index is 2.18. The molecule has 2 rings (SSSR count). The number of nitrogens with two attached hydrogens (primary N) is 1. The molecule has 3 N–H and O–H groups in total. The number of hydrogen-bond donors (Lipinski definition) is 2. The molecule has 0 aliphatic heterocycles. The summed E-state index contributed by atoms with van der Waals surface area (Å²) in [5.74, 6) is 0.212. The summed E-state index contributed by atoms with van der Waals surface area (Å²) in [6.45, 7) is 4.18. The van der Waals surface area contributed by atoms with E-state index < -0.39 is 5.82 Å². The maximum Gasteiger partial charge on any atom is 0.143 e. The molecule has 0 amide bonds. The Labute approximate surface area is 109 Å². The van der Waals surface area contributed by atoms with Gasteiger partial charge in [0.2, 0.25) is 0 Å². The molecular formula is C12H13ClFN3O. The molecule has 0 saturated heterocycles. The Hall–Kier alpha value is -1.75. The summed E-state index contributed by atoms with van der Waals surface area (Å²) < 4.78 is 18.2. The van der Waals surface area contributed by atoms with Gasteiger partial charge in [0, 0.05) is 18.2 Å². The number of benzene rings is 1. The van der Waals surface area contributed by atoms with Gasteiger partial charge in [-0.25, -0.2) is 4.39 Å². The molecule has 96 valence electrons. The molecule has 18 heavy (non-hydrogen) atoms. The lowest BCUT2D eigenvalue weighted by Crippen LogP contribution is -2.04. The Morgan fingerprint density at radius 1 is 1.44 bits per heavy atom. The fourth-order valence-corrected chi connectivity index (χ4v) is 1.82. The van der Waals surface area contributed by atoms with Crippen LogP contribution >= 0.6 is 11.6 Å². The Bertz CT molecular complexity index is 563. The number of hydrogen-bond acceptors (Lipinski definition) is 4. The van der Waals surface area contributed by atoms with Crippen molar-refractivity contribution in [2.45, 2.75) is 20.4 Å². The van der Waals surface area contributed by atoms with Crippen LogP contribution in [0.5, 0.6) is 0 Å². The normalized spacial score (nSPS) is 10.7. The topological polar surface area (TPSA) is 64.1 Å². The number of aryl methyl sites for hydroxylation is 2. The summed E-state index contributed by atoms with van der Waals surface area (Å²) in [4.78, 5) is 0. The predicted octanol–water partition coefficient (Wildman–Crippen LogP) is 3.28. The van der Waals surface area contributed by atoms with Gasteiger partial charge in [-0.05, 0) is 19.9 Å². The summed E-state index contributed by atoms with van der Waals surface area (Å²) >= 11 is 5.71. The van der Waals surface area contributed by atoms with Crippen molar-refractivity contribution in [1.82, 2.24) is 5.16 Å². The van der Waals surface area contributed by atoms with E-state index in [9.17, 15) is 4.39 Å². The first-order valence-corrected chi connectivity index (χ1v) is 5.77. The van der Waals surface area contributed by atoms with Crippen molar-refractivity contribution in [3.63, 3.8) is 0 Å². The van der Waals surface area contributed by atoms with E-state index >= 15 is 0 Å². The summed E-state index contributed by atoms with van der Waals surface area (Å²) in [6.07, 6.45) is 0. The number of halogens is 2. The van der Waals surface area contributed by atoms with Gasteiger partial charge < -0.3 is 15.6 Å². The van der Waals surface area contributed by atoms with Crippen LogP contribution in [0.1, 0.15) is 17.0 Å². The van der Waals surface area contributed by atoms with Gasteiger partial charge in [0.05, 0.1) is 22.1 Å². The fourth-order valence-electron chi connectivity index (χ4n) is 1.65. The molecule has 2 aromatic rings. The molecule has 1 heterocycles. The first-order valence-electron chi connectivity index (χ1n) is 5.39. The van der Waals surface area contributed by atoms with Crippen molar-refractivity contribution in [2.75, 3.05) is 11.1 Å². The third-order valence-electron chi connectivity index (χ3n) is 2.73. The summed E-state index contributed by atoms with van der Waals surface area (Å²) in [5.41, 5.74) is 8.36. The van der Waals surface area contributed by atoms with Crippen LogP contribution in [0.15, 0.2) is 16.7 Å². The quantitative estimate of drug-likeness (QED) is 0.840.